The number of anilines is 1. The van der Waals surface area contributed by atoms with Gasteiger partial charge in [0.15, 0.2) is 11.5 Å². The molecular formula is C25H29N9O2. The number of aromatic nitrogens is 6. The van der Waals surface area contributed by atoms with Crippen molar-refractivity contribution >= 4 is 22.9 Å². The highest BCUT2D eigenvalue weighted by atomic mass is 16.5. The van der Waals surface area contributed by atoms with Gasteiger partial charge < -0.3 is 30.2 Å². The lowest BCUT2D eigenvalue weighted by Gasteiger charge is -2.32. The van der Waals surface area contributed by atoms with Gasteiger partial charge in [0, 0.05) is 37.8 Å². The third kappa shape index (κ3) is 4.26. The van der Waals surface area contributed by atoms with Crippen LogP contribution in [0.4, 0.5) is 5.82 Å². The third-order valence-corrected chi connectivity index (χ3v) is 7.12. The Balaban J connectivity index is 1.15. The van der Waals surface area contributed by atoms with Gasteiger partial charge in [-0.2, -0.15) is 0 Å². The number of aromatic amines is 2. The second-order valence-corrected chi connectivity index (χ2v) is 9.37. The van der Waals surface area contributed by atoms with E-state index in [4.69, 9.17) is 10.5 Å². The Morgan fingerprint density at radius 1 is 1.19 bits per heavy atom. The maximum absolute atomic E-state index is 13.1. The summed E-state index contributed by atoms with van der Waals surface area (Å²) in [4.78, 5) is 40.6. The smallest absolute Gasteiger partial charge is 0.240 e. The molecule has 2 atom stereocenters. The molecule has 3 aromatic heterocycles. The lowest BCUT2D eigenvalue weighted by atomic mass is 9.98. The first-order valence-corrected chi connectivity index (χ1v) is 12.3. The maximum Gasteiger partial charge on any atom is 0.240 e. The van der Waals surface area contributed by atoms with E-state index in [0.717, 1.165) is 59.8 Å². The van der Waals surface area contributed by atoms with E-state index in [1.807, 2.05) is 17.0 Å². The largest absolute Gasteiger partial charge is 0.491 e. The van der Waals surface area contributed by atoms with Crippen LogP contribution in [0, 0.1) is 0 Å². The summed E-state index contributed by atoms with van der Waals surface area (Å²) in [5, 5.41) is 0. The zero-order chi connectivity index (χ0) is 24.5. The summed E-state index contributed by atoms with van der Waals surface area (Å²) < 4.78 is 6.41. The van der Waals surface area contributed by atoms with E-state index < -0.39 is 6.04 Å². The minimum absolute atomic E-state index is 0.0628. The Labute approximate surface area is 208 Å². The summed E-state index contributed by atoms with van der Waals surface area (Å²) in [7, 11) is 0. The number of ether oxygens (including phenoxy) is 1. The van der Waals surface area contributed by atoms with Crippen molar-refractivity contribution in [2.75, 3.05) is 24.6 Å². The van der Waals surface area contributed by atoms with Gasteiger partial charge in [-0.1, -0.05) is 12.1 Å². The second kappa shape index (κ2) is 9.57. The fourth-order valence-electron chi connectivity index (χ4n) is 5.26. The quantitative estimate of drug-likeness (QED) is 0.357. The molecule has 11 nitrogen and oxygen atoms in total. The molecule has 0 spiro atoms. The van der Waals surface area contributed by atoms with E-state index in [1.54, 1.807) is 25.2 Å². The van der Waals surface area contributed by atoms with Gasteiger partial charge in [-0.15, -0.1) is 0 Å². The van der Waals surface area contributed by atoms with Crippen molar-refractivity contribution in [2.45, 2.75) is 44.3 Å². The summed E-state index contributed by atoms with van der Waals surface area (Å²) in [6.45, 7) is 2.56. The molecule has 2 unspecified atom stereocenters. The van der Waals surface area contributed by atoms with Gasteiger partial charge in [-0.3, -0.25) is 4.79 Å². The minimum Gasteiger partial charge on any atom is -0.491 e. The monoisotopic (exact) mass is 487 g/mol. The molecular weight excluding hydrogens is 458 g/mol. The van der Waals surface area contributed by atoms with Crippen LogP contribution in [0.25, 0.3) is 11.2 Å². The number of rotatable bonds is 7. The number of nitrogens with zero attached hydrogens (tertiary/aromatic N) is 6. The van der Waals surface area contributed by atoms with E-state index in [-0.39, 0.29) is 11.9 Å². The molecule has 0 bridgehead atoms. The molecule has 0 radical (unpaired) electrons. The highest BCUT2D eigenvalue weighted by Gasteiger charge is 2.30. The topological polar surface area (TPSA) is 142 Å². The van der Waals surface area contributed by atoms with Crippen LogP contribution in [-0.2, 0) is 24.2 Å². The lowest BCUT2D eigenvalue weighted by molar-refractivity contribution is -0.133. The molecule has 2 aliphatic heterocycles. The number of nitrogens with one attached hydrogen (secondary N) is 2. The van der Waals surface area contributed by atoms with Crippen LogP contribution < -0.4 is 15.4 Å². The van der Waals surface area contributed by atoms with Gasteiger partial charge in [-0.05, 0) is 30.9 Å². The summed E-state index contributed by atoms with van der Waals surface area (Å²) >= 11 is 0. The summed E-state index contributed by atoms with van der Waals surface area (Å²) in [6.07, 6.45) is 9.85. The number of imidazole rings is 2. The van der Waals surface area contributed by atoms with Gasteiger partial charge >= 0.3 is 0 Å². The zero-order valence-electron chi connectivity index (χ0n) is 19.9. The van der Waals surface area contributed by atoms with Crippen molar-refractivity contribution < 1.29 is 9.53 Å². The summed E-state index contributed by atoms with van der Waals surface area (Å²) in [6, 6.07) is 5.69. The number of H-pyrrole nitrogens is 2. The van der Waals surface area contributed by atoms with E-state index in [0.29, 0.717) is 26.1 Å². The lowest BCUT2D eigenvalue weighted by Crippen LogP contribution is -2.47. The highest BCUT2D eigenvalue weighted by molar-refractivity contribution is 5.83. The van der Waals surface area contributed by atoms with Crippen LogP contribution in [0.3, 0.4) is 0 Å². The predicted octanol–water partition coefficient (Wildman–Crippen LogP) is 1.58. The summed E-state index contributed by atoms with van der Waals surface area (Å²) in [5.74, 6) is 1.60. The number of fused-ring (bicyclic) bond motifs is 2. The molecule has 4 N–H and O–H groups in total. The van der Waals surface area contributed by atoms with Crippen LogP contribution >= 0.6 is 0 Å². The summed E-state index contributed by atoms with van der Waals surface area (Å²) in [5.41, 5.74) is 10.8. The first-order valence-electron chi connectivity index (χ1n) is 12.3. The van der Waals surface area contributed by atoms with Crippen molar-refractivity contribution in [3.8, 4) is 5.75 Å². The predicted molar refractivity (Wildman–Crippen MR) is 133 cm³/mol. The standard InChI is InChI=1S/C25H29N9O2/c26-20(9-17-10-27-13-28-17)25(35)33-8-6-16-3-1-5-21(19(16)11-33)36-12-18-4-2-7-34(18)24-22-23(30-14-29-22)31-15-32-24/h1,3,5,10,13-15,18,20H,2,4,6-9,11-12,26H2,(H,27,28)(H,29,30,31,32). The molecule has 1 aromatic carbocycles. The van der Waals surface area contributed by atoms with E-state index in [1.165, 1.54) is 5.56 Å². The van der Waals surface area contributed by atoms with Crippen LogP contribution in [0.1, 0.15) is 29.7 Å². The number of benzene rings is 1. The molecule has 1 amide bonds. The van der Waals surface area contributed by atoms with Crippen LogP contribution in [0.15, 0.2) is 43.4 Å². The van der Waals surface area contributed by atoms with Crippen molar-refractivity contribution in [3.05, 3.63) is 60.2 Å². The first kappa shape index (κ1) is 22.5. The van der Waals surface area contributed by atoms with E-state index in [9.17, 15) is 4.79 Å². The zero-order valence-corrected chi connectivity index (χ0v) is 19.9. The number of amides is 1. The van der Waals surface area contributed by atoms with Crippen molar-refractivity contribution in [1.82, 2.24) is 34.8 Å². The molecule has 0 aliphatic carbocycles. The number of hydrogen-bond donors (Lipinski definition) is 3. The van der Waals surface area contributed by atoms with Gasteiger partial charge in [0.05, 0.1) is 30.4 Å². The molecule has 36 heavy (non-hydrogen) atoms. The van der Waals surface area contributed by atoms with Crippen molar-refractivity contribution in [3.63, 3.8) is 0 Å². The highest BCUT2D eigenvalue weighted by Crippen LogP contribution is 2.31. The van der Waals surface area contributed by atoms with E-state index in [2.05, 4.69) is 40.9 Å². The molecule has 1 fully saturated rings. The van der Waals surface area contributed by atoms with Crippen molar-refractivity contribution in [1.29, 1.82) is 0 Å². The number of carbonyl (C=O) groups excluding carboxylic acids is 1. The van der Waals surface area contributed by atoms with Gasteiger partial charge in [0.25, 0.3) is 0 Å². The molecule has 2 aliphatic rings. The van der Waals surface area contributed by atoms with Crippen LogP contribution in [-0.4, -0.2) is 72.5 Å². The first-order chi connectivity index (χ1) is 17.7. The molecule has 11 heteroatoms. The van der Waals surface area contributed by atoms with Crippen molar-refractivity contribution in [2.24, 2.45) is 5.73 Å². The molecule has 186 valence electrons. The van der Waals surface area contributed by atoms with Crippen LogP contribution in [0.2, 0.25) is 0 Å². The normalized spacial score (nSPS) is 18.4. The maximum atomic E-state index is 13.1. The average molecular weight is 488 g/mol. The molecule has 5 heterocycles. The average Bonchev–Trinajstić information content (AvgIpc) is 3.68. The Bertz CT molecular complexity index is 1350. The molecule has 0 saturated carbocycles. The van der Waals surface area contributed by atoms with Gasteiger partial charge in [-0.25, -0.2) is 19.9 Å². The molecule has 6 rings (SSSR count). The van der Waals surface area contributed by atoms with Crippen LogP contribution in [0.5, 0.6) is 5.75 Å². The third-order valence-electron chi connectivity index (χ3n) is 7.12. The Morgan fingerprint density at radius 2 is 2.14 bits per heavy atom. The number of hydrogen-bond acceptors (Lipinski definition) is 8. The number of nitrogens with two attached hydrogens (primary N) is 1. The fourth-order valence-corrected chi connectivity index (χ4v) is 5.26. The second-order valence-electron chi connectivity index (χ2n) is 9.37. The number of carbonyl (C=O) groups is 1. The Hall–Kier alpha value is -3.99. The van der Waals surface area contributed by atoms with E-state index >= 15 is 0 Å². The minimum atomic E-state index is -0.623. The SMILES string of the molecule is NC(Cc1c[nH]cn1)C(=O)N1CCc2cccc(OCC3CCCN3c3ncnc4[nH]cnc34)c2C1. The Kier molecular flexibility index (Phi) is 5.98. The Morgan fingerprint density at radius 3 is 3.03 bits per heavy atom. The van der Waals surface area contributed by atoms with Gasteiger partial charge in [0.1, 0.15) is 24.2 Å². The van der Waals surface area contributed by atoms with Gasteiger partial charge in [0.2, 0.25) is 5.91 Å². The molecule has 4 aromatic rings. The fraction of sp³-hybridized carbons (Fsp3) is 0.400. The molecule has 1 saturated heterocycles.